The van der Waals surface area contributed by atoms with E-state index in [-0.39, 0.29) is 24.3 Å². The molecule has 0 aliphatic carbocycles. The molecule has 2 saturated heterocycles. The Morgan fingerprint density at radius 2 is 2.06 bits per heavy atom. The van der Waals surface area contributed by atoms with Crippen LogP contribution in [0.25, 0.3) is 0 Å². The predicted octanol–water partition coefficient (Wildman–Crippen LogP) is 0.857. The number of esters is 1. The van der Waals surface area contributed by atoms with Crippen LogP contribution in [0.15, 0.2) is 0 Å². The lowest BCUT2D eigenvalue weighted by Gasteiger charge is -2.21. The second-order valence-corrected chi connectivity index (χ2v) is 4.88. The smallest absolute Gasteiger partial charge is 0.338 e. The monoisotopic (exact) mass is 230 g/mol. The Kier molecular flexibility index (Phi) is 2.94. The molecule has 0 saturated carbocycles. The fourth-order valence-electron chi connectivity index (χ4n) is 1.94. The van der Waals surface area contributed by atoms with Crippen LogP contribution in [0, 0.1) is 0 Å². The summed E-state index contributed by atoms with van der Waals surface area (Å²) in [4.78, 5) is 11.5. The van der Waals surface area contributed by atoms with Crippen molar-refractivity contribution in [3.8, 4) is 0 Å². The third kappa shape index (κ3) is 2.21. The zero-order valence-electron chi connectivity index (χ0n) is 10.1. The third-order valence-corrected chi connectivity index (χ3v) is 2.59. The Bertz CT molecular complexity index is 286. The Hall–Kier alpha value is -0.650. The zero-order chi connectivity index (χ0) is 11.9. The summed E-state index contributed by atoms with van der Waals surface area (Å²) < 4.78 is 21.7. The van der Waals surface area contributed by atoms with E-state index < -0.39 is 11.9 Å². The molecular formula is C11H18O5. The summed E-state index contributed by atoms with van der Waals surface area (Å²) in [5, 5.41) is 0. The molecule has 0 aromatic carbocycles. The normalized spacial score (nSPS) is 36.6. The first kappa shape index (κ1) is 11.8. The van der Waals surface area contributed by atoms with Crippen LogP contribution in [-0.2, 0) is 23.7 Å². The van der Waals surface area contributed by atoms with Gasteiger partial charge in [-0.15, -0.1) is 0 Å². The van der Waals surface area contributed by atoms with Crippen molar-refractivity contribution in [1.82, 2.24) is 0 Å². The van der Waals surface area contributed by atoms with Crippen LogP contribution in [0.4, 0.5) is 0 Å². The van der Waals surface area contributed by atoms with Crippen LogP contribution < -0.4 is 0 Å². The first-order valence-electron chi connectivity index (χ1n) is 5.57. The lowest BCUT2D eigenvalue weighted by atomic mass is 10.1. The molecule has 0 spiro atoms. The van der Waals surface area contributed by atoms with E-state index >= 15 is 0 Å². The summed E-state index contributed by atoms with van der Waals surface area (Å²) in [5.41, 5.74) is 0. The number of fused-ring (bicyclic) bond motifs is 1. The minimum atomic E-state index is -0.717. The average molecular weight is 230 g/mol. The predicted molar refractivity (Wildman–Crippen MR) is 54.8 cm³/mol. The maximum absolute atomic E-state index is 11.5. The topological polar surface area (TPSA) is 54.0 Å². The largest absolute Gasteiger partial charge is 0.455 e. The Morgan fingerprint density at radius 1 is 1.38 bits per heavy atom. The molecule has 0 amide bonds. The molecule has 2 heterocycles. The summed E-state index contributed by atoms with van der Waals surface area (Å²) in [7, 11) is 0. The minimum Gasteiger partial charge on any atom is -0.455 e. The molecule has 16 heavy (non-hydrogen) atoms. The number of cyclic esters (lactones) is 1. The maximum Gasteiger partial charge on any atom is 0.338 e. The van der Waals surface area contributed by atoms with E-state index in [1.165, 1.54) is 0 Å². The summed E-state index contributed by atoms with van der Waals surface area (Å²) in [6.45, 7) is 7.80. The van der Waals surface area contributed by atoms with Crippen molar-refractivity contribution >= 4 is 5.97 Å². The van der Waals surface area contributed by atoms with Crippen molar-refractivity contribution in [3.63, 3.8) is 0 Å². The van der Waals surface area contributed by atoms with E-state index in [2.05, 4.69) is 0 Å². The van der Waals surface area contributed by atoms with Gasteiger partial charge in [0.05, 0.1) is 12.7 Å². The highest BCUT2D eigenvalue weighted by molar-refractivity contribution is 5.78. The first-order chi connectivity index (χ1) is 7.39. The fraction of sp³-hybridized carbons (Fsp3) is 0.909. The molecule has 5 nitrogen and oxygen atoms in total. The van der Waals surface area contributed by atoms with E-state index in [0.717, 1.165) is 0 Å². The molecule has 2 aliphatic rings. The van der Waals surface area contributed by atoms with Gasteiger partial charge >= 0.3 is 5.97 Å². The van der Waals surface area contributed by atoms with Gasteiger partial charge in [-0.25, -0.2) is 4.79 Å². The van der Waals surface area contributed by atoms with Crippen molar-refractivity contribution in [3.05, 3.63) is 0 Å². The lowest BCUT2D eigenvalue weighted by Crippen LogP contribution is -2.33. The standard InChI is InChI=1S/C11H18O5/c1-6(2)13-5-7-8-9(10(12)14-7)16-11(3,4)15-8/h6-9H,5H2,1-4H3/t7-,8-,9-/m1/s1. The summed E-state index contributed by atoms with van der Waals surface area (Å²) >= 11 is 0. The van der Waals surface area contributed by atoms with Gasteiger partial charge in [0.25, 0.3) is 0 Å². The molecule has 5 heteroatoms. The van der Waals surface area contributed by atoms with Crippen LogP contribution in [0.2, 0.25) is 0 Å². The molecule has 2 aliphatic heterocycles. The van der Waals surface area contributed by atoms with Gasteiger partial charge in [-0.1, -0.05) is 0 Å². The van der Waals surface area contributed by atoms with Gasteiger partial charge in [-0.3, -0.25) is 0 Å². The Morgan fingerprint density at radius 3 is 2.69 bits per heavy atom. The van der Waals surface area contributed by atoms with E-state index in [1.54, 1.807) is 13.8 Å². The van der Waals surface area contributed by atoms with Crippen LogP contribution >= 0.6 is 0 Å². The lowest BCUT2D eigenvalue weighted by molar-refractivity contribution is -0.190. The second kappa shape index (κ2) is 3.98. The fourth-order valence-corrected chi connectivity index (χ4v) is 1.94. The van der Waals surface area contributed by atoms with Crippen molar-refractivity contribution in [2.75, 3.05) is 6.61 Å². The number of ether oxygens (including phenoxy) is 4. The van der Waals surface area contributed by atoms with Crippen molar-refractivity contribution in [1.29, 1.82) is 0 Å². The van der Waals surface area contributed by atoms with Gasteiger partial charge in [0, 0.05) is 0 Å². The molecule has 0 N–H and O–H groups in total. The van der Waals surface area contributed by atoms with E-state index in [4.69, 9.17) is 18.9 Å². The first-order valence-corrected chi connectivity index (χ1v) is 5.57. The molecule has 0 aromatic rings. The van der Waals surface area contributed by atoms with Crippen molar-refractivity contribution < 1.29 is 23.7 Å². The average Bonchev–Trinajstić information content (AvgIpc) is 2.59. The highest BCUT2D eigenvalue weighted by Gasteiger charge is 2.55. The number of hydrogen-bond donors (Lipinski definition) is 0. The number of hydrogen-bond acceptors (Lipinski definition) is 5. The van der Waals surface area contributed by atoms with Gasteiger partial charge < -0.3 is 18.9 Å². The van der Waals surface area contributed by atoms with E-state index in [0.29, 0.717) is 6.61 Å². The van der Waals surface area contributed by atoms with Crippen molar-refractivity contribution in [2.24, 2.45) is 0 Å². The summed E-state index contributed by atoms with van der Waals surface area (Å²) in [5.74, 6) is -1.07. The van der Waals surface area contributed by atoms with Gasteiger partial charge in [-0.2, -0.15) is 0 Å². The SMILES string of the molecule is CC(C)OC[C@H]1OC(=O)[C@@H]2OC(C)(C)O[C@H]12. The molecule has 2 fully saturated rings. The number of carbonyl (C=O) groups excluding carboxylic acids is 1. The van der Waals surface area contributed by atoms with Gasteiger partial charge in [0.2, 0.25) is 0 Å². The third-order valence-electron chi connectivity index (χ3n) is 2.59. The van der Waals surface area contributed by atoms with E-state index in [9.17, 15) is 4.79 Å². The Labute approximate surface area is 95.0 Å². The quantitative estimate of drug-likeness (QED) is 0.673. The molecule has 2 rings (SSSR count). The number of carbonyl (C=O) groups is 1. The van der Waals surface area contributed by atoms with Crippen LogP contribution in [-0.4, -0.2) is 42.8 Å². The van der Waals surface area contributed by atoms with Crippen LogP contribution in [0.5, 0.6) is 0 Å². The highest BCUT2D eigenvalue weighted by Crippen LogP contribution is 2.36. The van der Waals surface area contributed by atoms with E-state index in [1.807, 2.05) is 13.8 Å². The summed E-state index contributed by atoms with van der Waals surface area (Å²) in [6.07, 6.45) is -1.20. The van der Waals surface area contributed by atoms with Gasteiger partial charge in [0.1, 0.15) is 6.10 Å². The molecular weight excluding hydrogens is 212 g/mol. The van der Waals surface area contributed by atoms with Crippen molar-refractivity contribution in [2.45, 2.75) is 57.9 Å². The minimum absolute atomic E-state index is 0.105. The van der Waals surface area contributed by atoms with Gasteiger partial charge in [0.15, 0.2) is 18.0 Å². The maximum atomic E-state index is 11.5. The van der Waals surface area contributed by atoms with Gasteiger partial charge in [-0.05, 0) is 27.7 Å². The number of rotatable bonds is 3. The van der Waals surface area contributed by atoms with Crippen LogP contribution in [0.3, 0.4) is 0 Å². The van der Waals surface area contributed by atoms with Crippen LogP contribution in [0.1, 0.15) is 27.7 Å². The Balaban J connectivity index is 1.99. The highest BCUT2D eigenvalue weighted by atomic mass is 16.8. The molecule has 3 atom stereocenters. The molecule has 0 unspecified atom stereocenters. The molecule has 92 valence electrons. The molecule has 0 bridgehead atoms. The molecule has 0 aromatic heterocycles. The zero-order valence-corrected chi connectivity index (χ0v) is 10.1. The second-order valence-electron chi connectivity index (χ2n) is 4.88. The summed E-state index contributed by atoms with van der Waals surface area (Å²) in [6, 6.07) is 0. The molecule has 0 radical (unpaired) electrons.